The Balaban J connectivity index is 1.76. The van der Waals surface area contributed by atoms with Crippen LogP contribution in [-0.2, 0) is 15.2 Å². The number of hydrogen-bond acceptors (Lipinski definition) is 3. The smallest absolute Gasteiger partial charge is 0.269 e. The quantitative estimate of drug-likeness (QED) is 0.642. The summed E-state index contributed by atoms with van der Waals surface area (Å²) in [6.07, 6.45) is 0. The van der Waals surface area contributed by atoms with E-state index < -0.39 is 17.4 Å². The maximum atomic E-state index is 13.7. The largest absolute Gasteiger partial charge is 0.374 e. The van der Waals surface area contributed by atoms with E-state index >= 15 is 0 Å². The molecule has 5 nitrogen and oxygen atoms in total. The van der Waals surface area contributed by atoms with Gasteiger partial charge in [-0.15, -0.1) is 0 Å². The minimum absolute atomic E-state index is 0.300. The molecule has 3 aromatic rings. The number of nitrogens with zero attached hydrogens (tertiary/aromatic N) is 2. The molecule has 6 heteroatoms. The fraction of sp³-hybridized carbons (Fsp3) is 0.130. The number of anilines is 3. The van der Waals surface area contributed by atoms with Gasteiger partial charge in [0, 0.05) is 28.5 Å². The SMILES string of the molecule is CN1C(=O)C(C2(O)C(=O)N(c3ccccc3)c3cc(Br)ccc32)c2ccccc21. The molecular weight excluding hydrogens is 432 g/mol. The lowest BCUT2D eigenvalue weighted by molar-refractivity contribution is -0.143. The van der Waals surface area contributed by atoms with E-state index in [-0.39, 0.29) is 5.91 Å². The third-order valence-electron chi connectivity index (χ3n) is 5.76. The lowest BCUT2D eigenvalue weighted by Crippen LogP contribution is -2.46. The van der Waals surface area contributed by atoms with Gasteiger partial charge in [0.15, 0.2) is 5.60 Å². The van der Waals surface area contributed by atoms with E-state index in [9.17, 15) is 14.7 Å². The van der Waals surface area contributed by atoms with Gasteiger partial charge in [0.25, 0.3) is 5.91 Å². The van der Waals surface area contributed by atoms with Gasteiger partial charge in [-0.1, -0.05) is 58.4 Å². The molecule has 3 aromatic carbocycles. The Morgan fingerprint density at radius 3 is 2.38 bits per heavy atom. The Hall–Kier alpha value is -2.96. The molecule has 1 N–H and O–H groups in total. The van der Waals surface area contributed by atoms with Gasteiger partial charge in [0.2, 0.25) is 5.91 Å². The van der Waals surface area contributed by atoms with E-state index in [1.54, 1.807) is 31.3 Å². The van der Waals surface area contributed by atoms with Gasteiger partial charge in [0.05, 0.1) is 5.69 Å². The molecule has 5 rings (SSSR count). The molecule has 29 heavy (non-hydrogen) atoms. The average molecular weight is 449 g/mol. The topological polar surface area (TPSA) is 60.9 Å². The van der Waals surface area contributed by atoms with Crippen molar-refractivity contribution in [2.24, 2.45) is 0 Å². The van der Waals surface area contributed by atoms with Crippen molar-refractivity contribution in [2.75, 3.05) is 16.8 Å². The fourth-order valence-electron chi connectivity index (χ4n) is 4.41. The number of carbonyl (C=O) groups is 2. The fourth-order valence-corrected chi connectivity index (χ4v) is 4.75. The second kappa shape index (κ2) is 6.27. The third kappa shape index (κ3) is 2.36. The molecule has 0 saturated carbocycles. The number of carbonyl (C=O) groups excluding carboxylic acids is 2. The van der Waals surface area contributed by atoms with Crippen LogP contribution in [-0.4, -0.2) is 24.0 Å². The van der Waals surface area contributed by atoms with Crippen molar-refractivity contribution < 1.29 is 14.7 Å². The van der Waals surface area contributed by atoms with Crippen LogP contribution in [0.25, 0.3) is 0 Å². The van der Waals surface area contributed by atoms with E-state index in [0.29, 0.717) is 28.2 Å². The first kappa shape index (κ1) is 18.1. The second-order valence-electron chi connectivity index (χ2n) is 7.29. The summed E-state index contributed by atoms with van der Waals surface area (Å²) in [5.74, 6) is -1.84. The van der Waals surface area contributed by atoms with Crippen LogP contribution in [0, 0.1) is 0 Å². The Kier molecular flexibility index (Phi) is 3.91. The van der Waals surface area contributed by atoms with Crippen LogP contribution in [0.2, 0.25) is 0 Å². The Morgan fingerprint density at radius 1 is 0.931 bits per heavy atom. The molecule has 0 aromatic heterocycles. The molecule has 2 heterocycles. The summed E-state index contributed by atoms with van der Waals surface area (Å²) >= 11 is 3.46. The molecule has 0 aliphatic carbocycles. The first-order valence-electron chi connectivity index (χ1n) is 9.23. The Labute approximate surface area is 176 Å². The predicted molar refractivity (Wildman–Crippen MR) is 114 cm³/mol. The number of fused-ring (bicyclic) bond motifs is 2. The van der Waals surface area contributed by atoms with Crippen molar-refractivity contribution in [3.8, 4) is 0 Å². The van der Waals surface area contributed by atoms with Gasteiger partial charge in [-0.25, -0.2) is 0 Å². The Bertz CT molecular complexity index is 1160. The molecule has 144 valence electrons. The number of para-hydroxylation sites is 2. The molecule has 2 amide bonds. The summed E-state index contributed by atoms with van der Waals surface area (Å²) in [6.45, 7) is 0. The van der Waals surface area contributed by atoms with Crippen molar-refractivity contribution in [2.45, 2.75) is 11.5 Å². The zero-order chi connectivity index (χ0) is 20.3. The summed E-state index contributed by atoms with van der Waals surface area (Å²) in [5.41, 5.74) is 1.00. The molecule has 0 spiro atoms. The van der Waals surface area contributed by atoms with Crippen LogP contribution >= 0.6 is 15.9 Å². The lowest BCUT2D eigenvalue weighted by Gasteiger charge is -2.28. The lowest BCUT2D eigenvalue weighted by atomic mass is 9.78. The first-order valence-corrected chi connectivity index (χ1v) is 10.0. The normalized spacial score (nSPS) is 22.8. The summed E-state index contributed by atoms with van der Waals surface area (Å²) in [5, 5.41) is 11.9. The van der Waals surface area contributed by atoms with Crippen molar-refractivity contribution in [1.29, 1.82) is 0 Å². The zero-order valence-corrected chi connectivity index (χ0v) is 17.1. The van der Waals surface area contributed by atoms with Crippen LogP contribution in [0.15, 0.2) is 77.3 Å². The summed E-state index contributed by atoms with van der Waals surface area (Å²) in [4.78, 5) is 29.9. The van der Waals surface area contributed by atoms with Gasteiger partial charge >= 0.3 is 0 Å². The Morgan fingerprint density at radius 2 is 1.62 bits per heavy atom. The van der Waals surface area contributed by atoms with E-state index in [4.69, 9.17) is 0 Å². The van der Waals surface area contributed by atoms with Gasteiger partial charge < -0.3 is 10.0 Å². The number of hydrogen-bond donors (Lipinski definition) is 1. The number of benzene rings is 3. The number of halogens is 1. The maximum Gasteiger partial charge on any atom is 0.269 e. The van der Waals surface area contributed by atoms with Crippen LogP contribution in [0.4, 0.5) is 17.1 Å². The highest BCUT2D eigenvalue weighted by Gasteiger charge is 2.60. The first-order chi connectivity index (χ1) is 13.9. The molecule has 2 atom stereocenters. The monoisotopic (exact) mass is 448 g/mol. The van der Waals surface area contributed by atoms with Gasteiger partial charge in [-0.3, -0.25) is 14.5 Å². The molecule has 2 aliphatic heterocycles. The highest BCUT2D eigenvalue weighted by molar-refractivity contribution is 9.10. The van der Waals surface area contributed by atoms with E-state index in [2.05, 4.69) is 15.9 Å². The predicted octanol–water partition coefficient (Wildman–Crippen LogP) is 4.08. The van der Waals surface area contributed by atoms with Crippen molar-refractivity contribution in [3.63, 3.8) is 0 Å². The summed E-state index contributed by atoms with van der Waals surface area (Å²) < 4.78 is 0.782. The number of amides is 2. The maximum absolute atomic E-state index is 13.7. The van der Waals surface area contributed by atoms with Crippen LogP contribution in [0.5, 0.6) is 0 Å². The highest BCUT2D eigenvalue weighted by atomic mass is 79.9. The minimum atomic E-state index is -2.00. The minimum Gasteiger partial charge on any atom is -0.374 e. The number of aliphatic hydroxyl groups is 1. The zero-order valence-electron chi connectivity index (χ0n) is 15.5. The van der Waals surface area contributed by atoms with Gasteiger partial charge in [-0.2, -0.15) is 0 Å². The van der Waals surface area contributed by atoms with Gasteiger partial charge in [0.1, 0.15) is 5.92 Å². The average Bonchev–Trinajstić information content (AvgIpc) is 3.11. The van der Waals surface area contributed by atoms with Crippen molar-refractivity contribution >= 4 is 44.8 Å². The molecule has 0 fully saturated rings. The van der Waals surface area contributed by atoms with Crippen LogP contribution < -0.4 is 9.80 Å². The van der Waals surface area contributed by atoms with E-state index in [1.807, 2.05) is 48.5 Å². The molecular formula is C23H17BrN2O3. The standard InChI is InChI=1S/C23H17BrN2O3/c1-25-18-10-6-5-9-16(18)20(21(25)27)23(29)17-12-11-14(24)13-19(17)26(22(23)28)15-7-3-2-4-8-15/h2-13,20,29H,1H3. The van der Waals surface area contributed by atoms with Crippen molar-refractivity contribution in [3.05, 3.63) is 88.4 Å². The summed E-state index contributed by atoms with van der Waals surface area (Å²) in [6, 6.07) is 21.7. The molecule has 0 saturated heterocycles. The highest BCUT2D eigenvalue weighted by Crippen LogP contribution is 2.54. The van der Waals surface area contributed by atoms with E-state index in [0.717, 1.165) is 4.47 Å². The van der Waals surface area contributed by atoms with Crippen LogP contribution in [0.3, 0.4) is 0 Å². The van der Waals surface area contributed by atoms with E-state index in [1.165, 1.54) is 9.80 Å². The molecule has 2 aliphatic rings. The van der Waals surface area contributed by atoms with Gasteiger partial charge in [-0.05, 0) is 35.9 Å². The number of likely N-dealkylation sites (N-methyl/N-ethyl adjacent to an activating group) is 1. The van der Waals surface area contributed by atoms with Crippen LogP contribution in [0.1, 0.15) is 17.0 Å². The van der Waals surface area contributed by atoms with Crippen molar-refractivity contribution in [1.82, 2.24) is 0 Å². The summed E-state index contributed by atoms with van der Waals surface area (Å²) in [7, 11) is 1.67. The number of rotatable bonds is 2. The third-order valence-corrected chi connectivity index (χ3v) is 6.25. The second-order valence-corrected chi connectivity index (χ2v) is 8.21. The molecule has 0 bridgehead atoms. The molecule has 2 unspecified atom stereocenters. The molecule has 0 radical (unpaired) electrons.